The molecule has 0 spiro atoms. The molecule has 0 aromatic heterocycles. The number of carbonyl (C=O) groups excluding carboxylic acids is 3. The minimum atomic E-state index is -0.730. The Morgan fingerprint density at radius 2 is 1.86 bits per heavy atom. The summed E-state index contributed by atoms with van der Waals surface area (Å²) in [5, 5.41) is 5.50. The zero-order valence-electron chi connectivity index (χ0n) is 17.4. The van der Waals surface area contributed by atoms with Crippen molar-refractivity contribution in [3.8, 4) is 0 Å². The Balaban J connectivity index is 2.18. The predicted octanol–water partition coefficient (Wildman–Crippen LogP) is 2.38. The summed E-state index contributed by atoms with van der Waals surface area (Å²) in [5.74, 6) is -0.602. The zero-order valence-corrected chi connectivity index (χ0v) is 17.4. The number of benzene rings is 1. The van der Waals surface area contributed by atoms with Crippen LogP contribution in [0.1, 0.15) is 52.2 Å². The van der Waals surface area contributed by atoms with Gasteiger partial charge in [-0.15, -0.1) is 0 Å². The Morgan fingerprint density at radius 1 is 1.21 bits per heavy atom. The Hall–Kier alpha value is -2.57. The van der Waals surface area contributed by atoms with Crippen LogP contribution in [0.2, 0.25) is 0 Å². The molecule has 0 bridgehead atoms. The molecular weight excluding hydrogens is 358 g/mol. The molecule has 1 aromatic carbocycles. The van der Waals surface area contributed by atoms with E-state index in [4.69, 9.17) is 4.74 Å². The molecule has 0 radical (unpaired) electrons. The van der Waals surface area contributed by atoms with Gasteiger partial charge >= 0.3 is 6.09 Å². The molecule has 2 N–H and O–H groups in total. The van der Waals surface area contributed by atoms with E-state index in [1.165, 1.54) is 4.90 Å². The van der Waals surface area contributed by atoms with Crippen LogP contribution in [-0.4, -0.2) is 47.0 Å². The number of hydrogen-bond donors (Lipinski definition) is 2. The summed E-state index contributed by atoms with van der Waals surface area (Å²) in [6.45, 7) is 9.81. The third-order valence-electron chi connectivity index (χ3n) is 4.48. The van der Waals surface area contributed by atoms with Crippen LogP contribution < -0.4 is 10.6 Å². The lowest BCUT2D eigenvalue weighted by Gasteiger charge is -2.37. The predicted molar refractivity (Wildman–Crippen MR) is 107 cm³/mol. The smallest absolute Gasteiger partial charge is 0.411 e. The van der Waals surface area contributed by atoms with E-state index in [1.807, 2.05) is 31.2 Å². The van der Waals surface area contributed by atoms with Crippen molar-refractivity contribution in [3.05, 3.63) is 35.4 Å². The lowest BCUT2D eigenvalue weighted by atomic mass is 9.93. The number of nitrogens with one attached hydrogen (secondary N) is 2. The highest BCUT2D eigenvalue weighted by molar-refractivity contribution is 5.91. The van der Waals surface area contributed by atoms with Gasteiger partial charge < -0.3 is 15.4 Å². The van der Waals surface area contributed by atoms with Gasteiger partial charge in [-0.3, -0.25) is 14.5 Å². The first-order valence-corrected chi connectivity index (χ1v) is 9.77. The van der Waals surface area contributed by atoms with Gasteiger partial charge in [-0.2, -0.15) is 0 Å². The number of rotatable bonds is 5. The first kappa shape index (κ1) is 21.7. The van der Waals surface area contributed by atoms with Crippen LogP contribution in [0.5, 0.6) is 0 Å². The summed E-state index contributed by atoms with van der Waals surface area (Å²) in [6, 6.07) is 6.31. The molecule has 0 saturated heterocycles. The topological polar surface area (TPSA) is 87.7 Å². The number of hydrogen-bond acceptors (Lipinski definition) is 4. The standard InChI is InChI=1S/C21H31N3O4/c1-6-11-22-18(25)14(2)23-19(26)17-12-15-9-7-8-10-16(15)13-24(17)20(27)28-21(3,4)5/h7-10,14,17H,6,11-13H2,1-5H3,(H,22,25)(H,23,26)/t14-,17+/m1/s1. The number of ether oxygens (including phenoxy) is 1. The number of nitrogens with zero attached hydrogens (tertiary/aromatic N) is 1. The molecule has 1 aliphatic heterocycles. The lowest BCUT2D eigenvalue weighted by molar-refractivity contribution is -0.132. The summed E-state index contributed by atoms with van der Waals surface area (Å²) in [4.78, 5) is 39.2. The van der Waals surface area contributed by atoms with E-state index in [2.05, 4.69) is 10.6 Å². The third-order valence-corrected chi connectivity index (χ3v) is 4.48. The van der Waals surface area contributed by atoms with E-state index in [-0.39, 0.29) is 11.8 Å². The molecule has 154 valence electrons. The highest BCUT2D eigenvalue weighted by Crippen LogP contribution is 2.25. The van der Waals surface area contributed by atoms with Crippen LogP contribution in [-0.2, 0) is 27.3 Å². The zero-order chi connectivity index (χ0) is 20.9. The van der Waals surface area contributed by atoms with Crippen molar-refractivity contribution in [1.29, 1.82) is 0 Å². The number of carbonyl (C=O) groups is 3. The molecule has 0 saturated carbocycles. The van der Waals surface area contributed by atoms with Crippen molar-refractivity contribution in [1.82, 2.24) is 15.5 Å². The lowest BCUT2D eigenvalue weighted by Crippen LogP contribution is -2.56. The summed E-state index contributed by atoms with van der Waals surface area (Å²) < 4.78 is 5.51. The van der Waals surface area contributed by atoms with E-state index >= 15 is 0 Å². The van der Waals surface area contributed by atoms with Crippen molar-refractivity contribution in [2.45, 2.75) is 71.7 Å². The van der Waals surface area contributed by atoms with Gasteiger partial charge in [0.1, 0.15) is 17.7 Å². The van der Waals surface area contributed by atoms with Gasteiger partial charge in [0.2, 0.25) is 11.8 Å². The Bertz CT molecular complexity index is 727. The molecular formula is C21H31N3O4. The maximum Gasteiger partial charge on any atom is 0.411 e. The fourth-order valence-electron chi connectivity index (χ4n) is 3.05. The molecule has 3 amide bonds. The van der Waals surface area contributed by atoms with Crippen LogP contribution in [0.3, 0.4) is 0 Å². The molecule has 2 rings (SSSR count). The van der Waals surface area contributed by atoms with Gasteiger partial charge in [0.15, 0.2) is 0 Å². The van der Waals surface area contributed by atoms with Crippen LogP contribution in [0.15, 0.2) is 24.3 Å². The van der Waals surface area contributed by atoms with Crippen molar-refractivity contribution in [2.75, 3.05) is 6.54 Å². The molecule has 7 heteroatoms. The Labute approximate surface area is 166 Å². The highest BCUT2D eigenvalue weighted by atomic mass is 16.6. The fourth-order valence-corrected chi connectivity index (χ4v) is 3.05. The van der Waals surface area contributed by atoms with Crippen molar-refractivity contribution in [3.63, 3.8) is 0 Å². The van der Waals surface area contributed by atoms with E-state index in [0.29, 0.717) is 19.5 Å². The summed E-state index contributed by atoms with van der Waals surface area (Å²) in [6.07, 6.45) is 0.660. The fraction of sp³-hybridized carbons (Fsp3) is 0.571. The normalized spacial score (nSPS) is 17.3. The van der Waals surface area contributed by atoms with Crippen molar-refractivity contribution in [2.24, 2.45) is 0 Å². The summed E-state index contributed by atoms with van der Waals surface area (Å²) >= 11 is 0. The Morgan fingerprint density at radius 3 is 2.46 bits per heavy atom. The monoisotopic (exact) mass is 389 g/mol. The van der Waals surface area contributed by atoms with Crippen LogP contribution in [0, 0.1) is 0 Å². The second-order valence-electron chi connectivity index (χ2n) is 8.12. The number of fused-ring (bicyclic) bond motifs is 1. The summed E-state index contributed by atoms with van der Waals surface area (Å²) in [5.41, 5.74) is 1.35. The van der Waals surface area contributed by atoms with Gasteiger partial charge in [0.05, 0.1) is 6.54 Å². The second-order valence-corrected chi connectivity index (χ2v) is 8.12. The van der Waals surface area contributed by atoms with Gasteiger partial charge in [-0.05, 0) is 45.2 Å². The molecule has 0 fully saturated rings. The maximum absolute atomic E-state index is 12.9. The molecule has 28 heavy (non-hydrogen) atoms. The van der Waals surface area contributed by atoms with Crippen LogP contribution in [0.25, 0.3) is 0 Å². The molecule has 1 aliphatic rings. The van der Waals surface area contributed by atoms with Crippen LogP contribution >= 0.6 is 0 Å². The molecule has 0 unspecified atom stereocenters. The molecule has 1 heterocycles. The van der Waals surface area contributed by atoms with Gasteiger partial charge in [-0.25, -0.2) is 4.79 Å². The molecule has 1 aromatic rings. The maximum atomic E-state index is 12.9. The average Bonchev–Trinajstić information content (AvgIpc) is 2.63. The molecule has 7 nitrogen and oxygen atoms in total. The van der Waals surface area contributed by atoms with E-state index in [9.17, 15) is 14.4 Å². The van der Waals surface area contributed by atoms with Crippen LogP contribution in [0.4, 0.5) is 4.79 Å². The second kappa shape index (κ2) is 9.08. The molecule has 0 aliphatic carbocycles. The summed E-state index contributed by atoms with van der Waals surface area (Å²) in [7, 11) is 0. The highest BCUT2D eigenvalue weighted by Gasteiger charge is 2.37. The van der Waals surface area contributed by atoms with E-state index in [1.54, 1.807) is 27.7 Å². The SMILES string of the molecule is CCCNC(=O)[C@@H](C)NC(=O)[C@@H]1Cc2ccccc2CN1C(=O)OC(C)(C)C. The molecule has 2 atom stereocenters. The van der Waals surface area contributed by atoms with Gasteiger partial charge in [0.25, 0.3) is 0 Å². The first-order valence-electron chi connectivity index (χ1n) is 9.77. The average molecular weight is 389 g/mol. The first-order chi connectivity index (χ1) is 13.1. The third kappa shape index (κ3) is 5.71. The van der Waals surface area contributed by atoms with E-state index < -0.39 is 23.8 Å². The van der Waals surface area contributed by atoms with Gasteiger partial charge in [-0.1, -0.05) is 31.2 Å². The number of amides is 3. The minimum Gasteiger partial charge on any atom is -0.444 e. The minimum absolute atomic E-state index is 0.241. The van der Waals surface area contributed by atoms with E-state index in [0.717, 1.165) is 17.5 Å². The van der Waals surface area contributed by atoms with Crippen molar-refractivity contribution < 1.29 is 19.1 Å². The largest absolute Gasteiger partial charge is 0.444 e. The van der Waals surface area contributed by atoms with Gasteiger partial charge in [0, 0.05) is 13.0 Å². The van der Waals surface area contributed by atoms with Crippen molar-refractivity contribution >= 4 is 17.9 Å². The Kier molecular flexibility index (Phi) is 7.05. The quantitative estimate of drug-likeness (QED) is 0.809.